The number of ether oxygens (including phenoxy) is 3. The van der Waals surface area contributed by atoms with E-state index in [1.807, 2.05) is 0 Å². The monoisotopic (exact) mass is 1130 g/mol. The highest BCUT2D eigenvalue weighted by Gasteiger charge is 2.20. The maximum atomic E-state index is 13.0. The standard InChI is InChI=1S/C74H142O6/c1-4-7-10-13-16-19-22-25-28-30-32-34-35-36-37-38-39-40-42-43-46-49-52-55-58-61-64-67-73(76)79-70-71(69-78-72(75)66-63-60-57-54-51-48-45-27-24-21-18-15-12-9-6-3)80-74(77)68-65-62-59-56-53-50-47-44-41-33-31-29-26-23-20-17-14-11-8-5-2/h30,32,71H,4-29,31,33-70H2,1-3H3/b32-30-. The van der Waals surface area contributed by atoms with Crippen molar-refractivity contribution in [3.63, 3.8) is 0 Å². The van der Waals surface area contributed by atoms with Gasteiger partial charge in [-0.25, -0.2) is 0 Å². The van der Waals surface area contributed by atoms with E-state index in [-0.39, 0.29) is 31.1 Å². The molecule has 0 aliphatic heterocycles. The summed E-state index contributed by atoms with van der Waals surface area (Å²) < 4.78 is 17.0. The number of allylic oxidation sites excluding steroid dienone is 2. The van der Waals surface area contributed by atoms with Crippen LogP contribution < -0.4 is 0 Å². The van der Waals surface area contributed by atoms with Crippen LogP contribution in [0.4, 0.5) is 0 Å². The van der Waals surface area contributed by atoms with Crippen LogP contribution >= 0.6 is 0 Å². The number of carbonyl (C=O) groups excluding carboxylic acids is 3. The van der Waals surface area contributed by atoms with Gasteiger partial charge in [-0.15, -0.1) is 0 Å². The van der Waals surface area contributed by atoms with Crippen LogP contribution in [0.2, 0.25) is 0 Å². The third kappa shape index (κ3) is 66.9. The summed E-state index contributed by atoms with van der Waals surface area (Å²) in [7, 11) is 0. The fourth-order valence-corrected chi connectivity index (χ4v) is 11.5. The number of carbonyl (C=O) groups is 3. The van der Waals surface area contributed by atoms with Crippen LogP contribution in [0.3, 0.4) is 0 Å². The minimum absolute atomic E-state index is 0.0619. The molecule has 0 rings (SSSR count). The topological polar surface area (TPSA) is 78.9 Å². The van der Waals surface area contributed by atoms with E-state index in [0.717, 1.165) is 57.8 Å². The van der Waals surface area contributed by atoms with Crippen LogP contribution in [0.25, 0.3) is 0 Å². The Morgan fingerprint density at radius 2 is 0.412 bits per heavy atom. The molecule has 80 heavy (non-hydrogen) atoms. The molecule has 0 aliphatic carbocycles. The highest BCUT2D eigenvalue weighted by Crippen LogP contribution is 2.19. The molecule has 6 heteroatoms. The smallest absolute Gasteiger partial charge is 0.306 e. The molecular weight excluding hydrogens is 985 g/mol. The molecule has 474 valence electrons. The lowest BCUT2D eigenvalue weighted by molar-refractivity contribution is -0.167. The summed E-state index contributed by atoms with van der Waals surface area (Å²) in [6.07, 6.45) is 83.9. The molecule has 1 unspecified atom stereocenters. The van der Waals surface area contributed by atoms with Crippen LogP contribution in [-0.4, -0.2) is 37.2 Å². The Balaban J connectivity index is 4.21. The van der Waals surface area contributed by atoms with E-state index in [1.54, 1.807) is 0 Å². The van der Waals surface area contributed by atoms with Crippen LogP contribution in [-0.2, 0) is 28.6 Å². The Labute approximate surface area is 501 Å². The highest BCUT2D eigenvalue weighted by molar-refractivity contribution is 5.71. The van der Waals surface area contributed by atoms with Crippen molar-refractivity contribution < 1.29 is 28.6 Å². The van der Waals surface area contributed by atoms with Gasteiger partial charge in [-0.2, -0.15) is 0 Å². The zero-order chi connectivity index (χ0) is 57.8. The summed E-state index contributed by atoms with van der Waals surface area (Å²) in [5.41, 5.74) is 0. The molecule has 0 bridgehead atoms. The van der Waals surface area contributed by atoms with Crippen molar-refractivity contribution in [3.05, 3.63) is 12.2 Å². The van der Waals surface area contributed by atoms with Crippen LogP contribution in [0.5, 0.6) is 0 Å². The minimum atomic E-state index is -0.766. The molecule has 0 radical (unpaired) electrons. The number of hydrogen-bond acceptors (Lipinski definition) is 6. The van der Waals surface area contributed by atoms with Gasteiger partial charge in [0.25, 0.3) is 0 Å². The van der Waals surface area contributed by atoms with E-state index >= 15 is 0 Å². The van der Waals surface area contributed by atoms with Gasteiger partial charge in [0.2, 0.25) is 0 Å². The Morgan fingerprint density at radius 3 is 0.625 bits per heavy atom. The Hall–Kier alpha value is -1.85. The van der Waals surface area contributed by atoms with Crippen LogP contribution in [0.15, 0.2) is 12.2 Å². The van der Waals surface area contributed by atoms with Crippen LogP contribution in [0.1, 0.15) is 425 Å². The fourth-order valence-electron chi connectivity index (χ4n) is 11.5. The predicted molar refractivity (Wildman–Crippen MR) is 349 cm³/mol. The zero-order valence-corrected chi connectivity index (χ0v) is 54.6. The number of rotatable bonds is 69. The second kappa shape index (κ2) is 69.6. The lowest BCUT2D eigenvalue weighted by Crippen LogP contribution is -2.30. The average Bonchev–Trinajstić information content (AvgIpc) is 3.46. The van der Waals surface area contributed by atoms with Gasteiger partial charge in [-0.3, -0.25) is 14.4 Å². The van der Waals surface area contributed by atoms with Crippen molar-refractivity contribution in [1.29, 1.82) is 0 Å². The number of unbranched alkanes of at least 4 members (excludes halogenated alkanes) is 56. The van der Waals surface area contributed by atoms with Gasteiger partial charge < -0.3 is 14.2 Å². The summed E-state index contributed by atoms with van der Waals surface area (Å²) >= 11 is 0. The normalized spacial score (nSPS) is 12.0. The number of esters is 3. The second-order valence-corrected chi connectivity index (χ2v) is 25.2. The SMILES string of the molecule is CCCCCCCCCC/C=C\CCCCCCCCCCCCCCCCCC(=O)OCC(COC(=O)CCCCCCCCCCCCCCCCC)OC(=O)CCCCCCCCCCCCCCCCCCCCCC. The maximum Gasteiger partial charge on any atom is 0.306 e. The van der Waals surface area contributed by atoms with E-state index in [1.165, 1.54) is 327 Å². The maximum absolute atomic E-state index is 13.0. The van der Waals surface area contributed by atoms with E-state index in [2.05, 4.69) is 32.9 Å². The molecule has 0 aromatic rings. The first kappa shape index (κ1) is 78.1. The van der Waals surface area contributed by atoms with Crippen molar-refractivity contribution in [2.24, 2.45) is 0 Å². The molecule has 0 amide bonds. The zero-order valence-electron chi connectivity index (χ0n) is 54.6. The van der Waals surface area contributed by atoms with Gasteiger partial charge >= 0.3 is 17.9 Å². The Bertz CT molecular complexity index is 1250. The molecule has 0 fully saturated rings. The van der Waals surface area contributed by atoms with Crippen molar-refractivity contribution in [2.75, 3.05) is 13.2 Å². The lowest BCUT2D eigenvalue weighted by atomic mass is 10.0. The van der Waals surface area contributed by atoms with Crippen LogP contribution in [0, 0.1) is 0 Å². The van der Waals surface area contributed by atoms with E-state index < -0.39 is 6.10 Å². The van der Waals surface area contributed by atoms with Crippen molar-refractivity contribution in [2.45, 2.75) is 431 Å². The summed E-state index contributed by atoms with van der Waals surface area (Å²) in [5.74, 6) is -0.822. The lowest BCUT2D eigenvalue weighted by Gasteiger charge is -2.18. The Kier molecular flexibility index (Phi) is 68.0. The summed E-state index contributed by atoms with van der Waals surface area (Å²) in [6, 6.07) is 0. The molecule has 0 N–H and O–H groups in total. The van der Waals surface area contributed by atoms with Crippen molar-refractivity contribution in [3.8, 4) is 0 Å². The third-order valence-electron chi connectivity index (χ3n) is 17.0. The Morgan fingerprint density at radius 1 is 0.237 bits per heavy atom. The molecule has 0 aliphatic rings. The molecule has 0 aromatic heterocycles. The molecule has 0 saturated heterocycles. The first-order chi connectivity index (χ1) is 39.5. The van der Waals surface area contributed by atoms with E-state index in [0.29, 0.717) is 19.3 Å². The van der Waals surface area contributed by atoms with E-state index in [4.69, 9.17) is 14.2 Å². The van der Waals surface area contributed by atoms with Gasteiger partial charge in [0.1, 0.15) is 13.2 Å². The molecular formula is C74H142O6. The summed E-state index contributed by atoms with van der Waals surface area (Å²) in [6.45, 7) is 6.74. The van der Waals surface area contributed by atoms with E-state index in [9.17, 15) is 14.4 Å². The van der Waals surface area contributed by atoms with Gasteiger partial charge in [0.15, 0.2) is 6.10 Å². The average molecular weight is 1130 g/mol. The van der Waals surface area contributed by atoms with Gasteiger partial charge in [-0.1, -0.05) is 373 Å². The van der Waals surface area contributed by atoms with Crippen molar-refractivity contribution >= 4 is 17.9 Å². The quantitative estimate of drug-likeness (QED) is 0.0261. The first-order valence-electron chi connectivity index (χ1n) is 36.7. The minimum Gasteiger partial charge on any atom is -0.462 e. The molecule has 0 saturated carbocycles. The molecule has 6 nitrogen and oxygen atoms in total. The summed E-state index contributed by atoms with van der Waals surface area (Å²) in [5, 5.41) is 0. The molecule has 0 aromatic carbocycles. The molecule has 0 heterocycles. The summed E-state index contributed by atoms with van der Waals surface area (Å²) in [4.78, 5) is 38.5. The third-order valence-corrected chi connectivity index (χ3v) is 17.0. The fraction of sp³-hybridized carbons (Fsp3) is 0.932. The van der Waals surface area contributed by atoms with Gasteiger partial charge in [-0.05, 0) is 44.9 Å². The number of hydrogen-bond donors (Lipinski definition) is 0. The van der Waals surface area contributed by atoms with Gasteiger partial charge in [0.05, 0.1) is 0 Å². The second-order valence-electron chi connectivity index (χ2n) is 25.2. The largest absolute Gasteiger partial charge is 0.462 e. The highest BCUT2D eigenvalue weighted by atomic mass is 16.6. The predicted octanol–water partition coefficient (Wildman–Crippen LogP) is 25.2. The first-order valence-corrected chi connectivity index (χ1v) is 36.7. The molecule has 1 atom stereocenters. The van der Waals surface area contributed by atoms with Crippen molar-refractivity contribution in [1.82, 2.24) is 0 Å². The molecule has 0 spiro atoms. The van der Waals surface area contributed by atoms with Gasteiger partial charge in [0, 0.05) is 19.3 Å².